The molecular formula is C65H110NO8P. The third kappa shape index (κ3) is 59.5. The number of esters is 2. The van der Waals surface area contributed by atoms with E-state index in [-0.39, 0.29) is 32.6 Å². The van der Waals surface area contributed by atoms with Gasteiger partial charge in [0.05, 0.1) is 13.2 Å². The molecular weight excluding hydrogens is 954 g/mol. The average Bonchev–Trinajstić information content (AvgIpc) is 3.40. The number of carbonyl (C=O) groups is 2. The second kappa shape index (κ2) is 59.7. The van der Waals surface area contributed by atoms with Crippen LogP contribution >= 0.6 is 7.82 Å². The van der Waals surface area contributed by atoms with Crippen molar-refractivity contribution in [1.29, 1.82) is 0 Å². The summed E-state index contributed by atoms with van der Waals surface area (Å²) in [4.78, 5) is 35.2. The topological polar surface area (TPSA) is 134 Å². The van der Waals surface area contributed by atoms with Crippen LogP contribution in [-0.4, -0.2) is 49.3 Å². The van der Waals surface area contributed by atoms with Gasteiger partial charge in [0.2, 0.25) is 0 Å². The summed E-state index contributed by atoms with van der Waals surface area (Å²) in [6, 6.07) is 0. The van der Waals surface area contributed by atoms with Gasteiger partial charge in [-0.2, -0.15) is 0 Å². The summed E-state index contributed by atoms with van der Waals surface area (Å²) in [6.45, 7) is 3.47. The van der Waals surface area contributed by atoms with Crippen molar-refractivity contribution in [3.8, 4) is 0 Å². The third-order valence-corrected chi connectivity index (χ3v) is 13.3. The van der Waals surface area contributed by atoms with Crippen molar-refractivity contribution in [2.75, 3.05) is 26.4 Å². The number of hydrogen-bond acceptors (Lipinski definition) is 8. The van der Waals surface area contributed by atoms with Crippen molar-refractivity contribution in [2.24, 2.45) is 5.73 Å². The zero-order valence-electron chi connectivity index (χ0n) is 47.7. The Morgan fingerprint density at radius 1 is 0.400 bits per heavy atom. The van der Waals surface area contributed by atoms with Crippen LogP contribution in [0.15, 0.2) is 122 Å². The standard InChI is InChI=1S/C65H110NO8P/c1-3-5-7-9-11-13-15-17-19-21-23-25-26-27-28-29-30-31-32-33-34-35-36-38-39-41-43-45-47-49-51-53-55-57-64(67)71-61-63(62-73-75(69,70)72-60-59-66)74-65(68)58-56-54-52-50-48-46-44-42-40-37-24-22-20-18-16-14-12-10-8-6-4-2/h5-8,11-14,17-20,23-25,37,42,44,48,50,63H,3-4,9-10,15-16,21-22,26-36,38-41,43,45-47,49,51-62,66H2,1-2H3,(H,69,70)/b7-5-,8-6-,13-11-,14-12-,19-17-,20-18-,25-23-,37-24-,44-42-,50-48-. The molecule has 0 spiro atoms. The number of nitrogens with two attached hydrogens (primary N) is 1. The lowest BCUT2D eigenvalue weighted by atomic mass is 10.0. The van der Waals surface area contributed by atoms with E-state index in [0.29, 0.717) is 6.42 Å². The molecule has 0 amide bonds. The number of carbonyl (C=O) groups excluding carboxylic acids is 2. The molecule has 9 nitrogen and oxygen atoms in total. The molecule has 10 heteroatoms. The molecule has 0 aromatic heterocycles. The van der Waals surface area contributed by atoms with Crippen molar-refractivity contribution in [2.45, 2.75) is 251 Å². The number of unbranched alkanes of at least 4 members (excludes halogenated alkanes) is 22. The maximum absolute atomic E-state index is 12.7. The van der Waals surface area contributed by atoms with E-state index in [0.717, 1.165) is 96.3 Å². The molecule has 0 saturated carbocycles. The fourth-order valence-electron chi connectivity index (χ4n) is 7.98. The fraction of sp³-hybridized carbons (Fsp3) is 0.662. The predicted molar refractivity (Wildman–Crippen MR) is 321 cm³/mol. The summed E-state index contributed by atoms with van der Waals surface area (Å²) in [7, 11) is -4.41. The summed E-state index contributed by atoms with van der Waals surface area (Å²) < 4.78 is 33.0. The van der Waals surface area contributed by atoms with Gasteiger partial charge in [0.25, 0.3) is 0 Å². The van der Waals surface area contributed by atoms with Gasteiger partial charge < -0.3 is 20.1 Å². The van der Waals surface area contributed by atoms with Crippen LogP contribution < -0.4 is 5.73 Å². The van der Waals surface area contributed by atoms with Gasteiger partial charge >= 0.3 is 19.8 Å². The molecule has 0 bridgehead atoms. The number of allylic oxidation sites excluding steroid dienone is 20. The molecule has 0 aliphatic rings. The lowest BCUT2D eigenvalue weighted by molar-refractivity contribution is -0.161. The van der Waals surface area contributed by atoms with Crippen molar-refractivity contribution in [3.63, 3.8) is 0 Å². The third-order valence-electron chi connectivity index (χ3n) is 12.3. The lowest BCUT2D eigenvalue weighted by Gasteiger charge is -2.19. The highest BCUT2D eigenvalue weighted by Gasteiger charge is 2.26. The Kier molecular flexibility index (Phi) is 56.8. The van der Waals surface area contributed by atoms with Gasteiger partial charge in [-0.15, -0.1) is 0 Å². The molecule has 428 valence electrons. The molecule has 0 radical (unpaired) electrons. The largest absolute Gasteiger partial charge is 0.472 e. The molecule has 0 rings (SSSR count). The Labute approximate surface area is 460 Å². The lowest BCUT2D eigenvalue weighted by Crippen LogP contribution is -2.29. The van der Waals surface area contributed by atoms with Crippen LogP contribution in [0.25, 0.3) is 0 Å². The molecule has 0 fully saturated rings. The first-order valence-corrected chi connectivity index (χ1v) is 31.5. The number of hydrogen-bond donors (Lipinski definition) is 2. The number of phosphoric acid groups is 1. The Morgan fingerprint density at radius 2 is 0.693 bits per heavy atom. The van der Waals surface area contributed by atoms with Gasteiger partial charge in [0, 0.05) is 19.4 Å². The molecule has 0 saturated heterocycles. The molecule has 2 atom stereocenters. The van der Waals surface area contributed by atoms with Crippen molar-refractivity contribution < 1.29 is 37.6 Å². The van der Waals surface area contributed by atoms with Crippen LogP contribution in [0.1, 0.15) is 245 Å². The quantitative estimate of drug-likeness (QED) is 0.0264. The zero-order chi connectivity index (χ0) is 54.5. The van der Waals surface area contributed by atoms with Crippen molar-refractivity contribution >= 4 is 19.8 Å². The highest BCUT2D eigenvalue weighted by Crippen LogP contribution is 2.43. The Morgan fingerprint density at radius 3 is 1.05 bits per heavy atom. The van der Waals surface area contributed by atoms with Crippen LogP contribution in [0.2, 0.25) is 0 Å². The minimum Gasteiger partial charge on any atom is -0.462 e. The normalized spacial score (nSPS) is 13.9. The first kappa shape index (κ1) is 71.4. The number of phosphoric ester groups is 1. The second-order valence-electron chi connectivity index (χ2n) is 19.5. The van der Waals surface area contributed by atoms with E-state index in [9.17, 15) is 19.0 Å². The monoisotopic (exact) mass is 1060 g/mol. The van der Waals surface area contributed by atoms with Gasteiger partial charge in [0.15, 0.2) is 6.10 Å². The smallest absolute Gasteiger partial charge is 0.462 e. The molecule has 0 aliphatic heterocycles. The van der Waals surface area contributed by atoms with Crippen LogP contribution in [0.5, 0.6) is 0 Å². The maximum Gasteiger partial charge on any atom is 0.472 e. The Balaban J connectivity index is 3.96. The first-order chi connectivity index (χ1) is 36.8. The average molecular weight is 1060 g/mol. The fourth-order valence-corrected chi connectivity index (χ4v) is 8.75. The van der Waals surface area contributed by atoms with Gasteiger partial charge in [-0.25, -0.2) is 4.57 Å². The minimum absolute atomic E-state index is 0.0411. The first-order valence-electron chi connectivity index (χ1n) is 30.0. The van der Waals surface area contributed by atoms with E-state index < -0.39 is 32.5 Å². The molecule has 2 unspecified atom stereocenters. The predicted octanol–water partition coefficient (Wildman–Crippen LogP) is 19.2. The molecule has 3 N–H and O–H groups in total. The van der Waals surface area contributed by atoms with Crippen molar-refractivity contribution in [1.82, 2.24) is 0 Å². The molecule has 0 aromatic carbocycles. The molecule has 0 heterocycles. The number of rotatable bonds is 55. The summed E-state index contributed by atoms with van der Waals surface area (Å²) in [6.07, 6.45) is 82.7. The van der Waals surface area contributed by atoms with Crippen LogP contribution in [0.3, 0.4) is 0 Å². The SMILES string of the molecule is CC/C=C\C/C=C\C/C=C\C/C=C\C/C=C\C/C=C\CCCCC(=O)OC(COC(=O)CCCCCCCCCCCCCCCCCCCCCC/C=C\C/C=C\C/C=C\C/C=C\CC)COP(=O)(O)OCCN. The van der Waals surface area contributed by atoms with E-state index in [1.807, 2.05) is 0 Å². The Hall–Kier alpha value is -3.59. The molecule has 0 aromatic rings. The second-order valence-corrected chi connectivity index (χ2v) is 20.9. The van der Waals surface area contributed by atoms with E-state index >= 15 is 0 Å². The van der Waals surface area contributed by atoms with Gasteiger partial charge in [-0.1, -0.05) is 251 Å². The summed E-state index contributed by atoms with van der Waals surface area (Å²) >= 11 is 0. The number of ether oxygens (including phenoxy) is 2. The summed E-state index contributed by atoms with van der Waals surface area (Å²) in [5, 5.41) is 0. The highest BCUT2D eigenvalue weighted by atomic mass is 31.2. The van der Waals surface area contributed by atoms with Crippen LogP contribution in [0, 0.1) is 0 Å². The van der Waals surface area contributed by atoms with Gasteiger partial charge in [-0.3, -0.25) is 18.6 Å². The van der Waals surface area contributed by atoms with E-state index in [2.05, 4.69) is 135 Å². The minimum atomic E-state index is -4.41. The van der Waals surface area contributed by atoms with E-state index in [1.165, 1.54) is 116 Å². The molecule has 75 heavy (non-hydrogen) atoms. The van der Waals surface area contributed by atoms with E-state index in [1.54, 1.807) is 0 Å². The Bertz CT molecular complexity index is 1640. The zero-order valence-corrected chi connectivity index (χ0v) is 48.6. The van der Waals surface area contributed by atoms with Gasteiger partial charge in [0.1, 0.15) is 6.61 Å². The van der Waals surface area contributed by atoms with Gasteiger partial charge in [-0.05, 0) is 103 Å². The van der Waals surface area contributed by atoms with Crippen LogP contribution in [0.4, 0.5) is 0 Å². The van der Waals surface area contributed by atoms with Crippen LogP contribution in [-0.2, 0) is 32.7 Å². The van der Waals surface area contributed by atoms with E-state index in [4.69, 9.17) is 24.3 Å². The maximum atomic E-state index is 12.7. The summed E-state index contributed by atoms with van der Waals surface area (Å²) in [5.74, 6) is -0.880. The highest BCUT2D eigenvalue weighted by molar-refractivity contribution is 7.47. The molecule has 0 aliphatic carbocycles. The van der Waals surface area contributed by atoms with Crippen molar-refractivity contribution in [3.05, 3.63) is 122 Å². The summed E-state index contributed by atoms with van der Waals surface area (Å²) in [5.41, 5.74) is 5.38.